The number of rotatable bonds is 6. The van der Waals surface area contributed by atoms with Gasteiger partial charge in [0.2, 0.25) is 0 Å². The molecule has 0 radical (unpaired) electrons. The molecule has 5 nitrogen and oxygen atoms in total. The molecule has 1 fully saturated rings. The summed E-state index contributed by atoms with van der Waals surface area (Å²) in [5.74, 6) is -0.430. The third-order valence-electron chi connectivity index (χ3n) is 6.01. The van der Waals surface area contributed by atoms with Crippen molar-refractivity contribution in [2.75, 3.05) is 13.2 Å². The van der Waals surface area contributed by atoms with Gasteiger partial charge in [-0.15, -0.1) is 0 Å². The summed E-state index contributed by atoms with van der Waals surface area (Å²) in [5, 5.41) is 0. The Labute approximate surface area is 171 Å². The molecule has 0 spiro atoms. The van der Waals surface area contributed by atoms with Crippen molar-refractivity contribution in [1.82, 2.24) is 4.90 Å². The number of ether oxygens (including phenoxy) is 2. The summed E-state index contributed by atoms with van der Waals surface area (Å²) in [7, 11) is 0. The molecule has 1 saturated heterocycles. The average molecular weight is 393 g/mol. The lowest BCUT2D eigenvalue weighted by Gasteiger charge is -2.18. The van der Waals surface area contributed by atoms with E-state index in [9.17, 15) is 9.59 Å². The predicted molar refractivity (Wildman–Crippen MR) is 110 cm³/mol. The molecule has 2 unspecified atom stereocenters. The molecule has 0 aromatic heterocycles. The van der Waals surface area contributed by atoms with Crippen LogP contribution in [0.2, 0.25) is 0 Å². The SMILES string of the molecule is Cc1cc(C2CCC(OCCCN3C(=O)c4ccccc4C3=O)O2)cc(C)c1C. The van der Waals surface area contributed by atoms with Crippen LogP contribution in [0.25, 0.3) is 0 Å². The number of benzene rings is 2. The van der Waals surface area contributed by atoms with Crippen LogP contribution in [-0.2, 0) is 9.47 Å². The highest BCUT2D eigenvalue weighted by Gasteiger charge is 2.34. The van der Waals surface area contributed by atoms with E-state index in [4.69, 9.17) is 9.47 Å². The Balaban J connectivity index is 1.25. The topological polar surface area (TPSA) is 55.8 Å². The Kier molecular flexibility index (Phi) is 5.52. The lowest BCUT2D eigenvalue weighted by Crippen LogP contribution is -2.31. The molecule has 4 rings (SSSR count). The molecule has 5 heteroatoms. The van der Waals surface area contributed by atoms with E-state index >= 15 is 0 Å². The van der Waals surface area contributed by atoms with E-state index in [1.54, 1.807) is 24.3 Å². The number of hydrogen-bond donors (Lipinski definition) is 0. The van der Waals surface area contributed by atoms with Crippen molar-refractivity contribution < 1.29 is 19.1 Å². The zero-order chi connectivity index (χ0) is 20.5. The predicted octanol–water partition coefficient (Wildman–Crippen LogP) is 4.49. The Morgan fingerprint density at radius 1 is 1.00 bits per heavy atom. The van der Waals surface area contributed by atoms with Crippen molar-refractivity contribution in [3.8, 4) is 0 Å². The summed E-state index contributed by atoms with van der Waals surface area (Å²) in [5.41, 5.74) is 6.09. The number of carbonyl (C=O) groups is 2. The lowest BCUT2D eigenvalue weighted by atomic mass is 9.97. The van der Waals surface area contributed by atoms with Crippen LogP contribution in [0.15, 0.2) is 36.4 Å². The van der Waals surface area contributed by atoms with Gasteiger partial charge < -0.3 is 9.47 Å². The molecule has 0 saturated carbocycles. The third-order valence-corrected chi connectivity index (χ3v) is 6.01. The Morgan fingerprint density at radius 3 is 2.24 bits per heavy atom. The molecule has 2 aliphatic rings. The third kappa shape index (κ3) is 3.85. The minimum Gasteiger partial charge on any atom is -0.353 e. The van der Waals surface area contributed by atoms with Gasteiger partial charge in [0.25, 0.3) is 11.8 Å². The van der Waals surface area contributed by atoms with Gasteiger partial charge in [-0.1, -0.05) is 24.3 Å². The molecule has 152 valence electrons. The fourth-order valence-electron chi connectivity index (χ4n) is 4.11. The van der Waals surface area contributed by atoms with Crippen molar-refractivity contribution in [3.05, 3.63) is 69.8 Å². The minimum absolute atomic E-state index is 0.0641. The minimum atomic E-state index is -0.232. The maximum atomic E-state index is 12.4. The molecule has 2 aliphatic heterocycles. The van der Waals surface area contributed by atoms with E-state index in [0.29, 0.717) is 30.7 Å². The fourth-order valence-corrected chi connectivity index (χ4v) is 4.11. The smallest absolute Gasteiger partial charge is 0.261 e. The number of carbonyl (C=O) groups excluding carboxylic acids is 2. The standard InChI is InChI=1S/C24H27NO4/c1-15-13-18(14-16(2)17(15)3)21-9-10-22(29-21)28-12-6-11-25-23(26)19-7-4-5-8-20(19)24(25)27/h4-5,7-8,13-14,21-22H,6,9-12H2,1-3H3. The number of aryl methyl sites for hydroxylation is 2. The van der Waals surface area contributed by atoms with Crippen LogP contribution in [-0.4, -0.2) is 36.2 Å². The summed E-state index contributed by atoms with van der Waals surface area (Å²) in [4.78, 5) is 26.1. The van der Waals surface area contributed by atoms with E-state index in [-0.39, 0.29) is 24.2 Å². The highest BCUT2D eigenvalue weighted by molar-refractivity contribution is 6.21. The van der Waals surface area contributed by atoms with Crippen molar-refractivity contribution in [3.63, 3.8) is 0 Å². The second kappa shape index (κ2) is 8.09. The van der Waals surface area contributed by atoms with Crippen LogP contribution in [0.1, 0.15) is 68.3 Å². The maximum Gasteiger partial charge on any atom is 0.261 e. The highest BCUT2D eigenvalue weighted by atomic mass is 16.7. The maximum absolute atomic E-state index is 12.4. The normalized spacial score (nSPS) is 21.1. The number of hydrogen-bond acceptors (Lipinski definition) is 4. The first-order valence-electron chi connectivity index (χ1n) is 10.3. The van der Waals surface area contributed by atoms with E-state index in [1.165, 1.54) is 27.2 Å². The number of nitrogens with zero attached hydrogens (tertiary/aromatic N) is 1. The van der Waals surface area contributed by atoms with Crippen molar-refractivity contribution in [2.45, 2.75) is 52.4 Å². The molecule has 2 amide bonds. The van der Waals surface area contributed by atoms with Crippen LogP contribution in [0.4, 0.5) is 0 Å². The zero-order valence-corrected chi connectivity index (χ0v) is 17.2. The van der Waals surface area contributed by atoms with E-state index in [2.05, 4.69) is 32.9 Å². The molecular weight excluding hydrogens is 366 g/mol. The van der Waals surface area contributed by atoms with Gasteiger partial charge in [-0.25, -0.2) is 0 Å². The molecule has 29 heavy (non-hydrogen) atoms. The number of imide groups is 1. The van der Waals surface area contributed by atoms with Gasteiger partial charge in [-0.05, 0) is 68.0 Å². The largest absolute Gasteiger partial charge is 0.353 e. The van der Waals surface area contributed by atoms with Crippen LogP contribution >= 0.6 is 0 Å². The van der Waals surface area contributed by atoms with E-state index < -0.39 is 0 Å². The highest BCUT2D eigenvalue weighted by Crippen LogP contribution is 2.34. The molecule has 2 aromatic carbocycles. The molecule has 0 N–H and O–H groups in total. The number of fused-ring (bicyclic) bond motifs is 1. The first kappa shape index (κ1) is 19.8. The van der Waals surface area contributed by atoms with Crippen LogP contribution in [0.5, 0.6) is 0 Å². The van der Waals surface area contributed by atoms with Crippen molar-refractivity contribution in [1.29, 1.82) is 0 Å². The van der Waals surface area contributed by atoms with E-state index in [1.807, 2.05) is 0 Å². The zero-order valence-electron chi connectivity index (χ0n) is 17.2. The van der Waals surface area contributed by atoms with Gasteiger partial charge in [-0.2, -0.15) is 0 Å². The van der Waals surface area contributed by atoms with E-state index in [0.717, 1.165) is 12.8 Å². The average Bonchev–Trinajstić information content (AvgIpc) is 3.28. The van der Waals surface area contributed by atoms with Gasteiger partial charge >= 0.3 is 0 Å². The van der Waals surface area contributed by atoms with Gasteiger partial charge in [0.1, 0.15) is 0 Å². The van der Waals surface area contributed by atoms with Crippen molar-refractivity contribution in [2.24, 2.45) is 0 Å². The van der Waals surface area contributed by atoms with Crippen molar-refractivity contribution >= 4 is 11.8 Å². The van der Waals surface area contributed by atoms with Crippen LogP contribution in [0.3, 0.4) is 0 Å². The lowest BCUT2D eigenvalue weighted by molar-refractivity contribution is -0.135. The van der Waals surface area contributed by atoms with Gasteiger partial charge in [0.15, 0.2) is 6.29 Å². The second-order valence-corrected chi connectivity index (χ2v) is 7.94. The Hall–Kier alpha value is -2.50. The van der Waals surface area contributed by atoms with Gasteiger partial charge in [0.05, 0.1) is 23.8 Å². The first-order chi connectivity index (χ1) is 14.0. The molecule has 2 heterocycles. The molecule has 0 aliphatic carbocycles. The molecule has 2 atom stereocenters. The summed E-state index contributed by atoms with van der Waals surface area (Å²) in [6.45, 7) is 7.22. The Bertz CT molecular complexity index is 894. The molecule has 2 aromatic rings. The monoisotopic (exact) mass is 393 g/mol. The first-order valence-corrected chi connectivity index (χ1v) is 10.3. The van der Waals surface area contributed by atoms with Gasteiger partial charge in [-0.3, -0.25) is 14.5 Å². The van der Waals surface area contributed by atoms with Gasteiger partial charge in [0, 0.05) is 13.0 Å². The Morgan fingerprint density at radius 2 is 1.62 bits per heavy atom. The molecule has 0 bridgehead atoms. The van der Waals surface area contributed by atoms with Crippen LogP contribution in [0, 0.1) is 20.8 Å². The quantitative estimate of drug-likeness (QED) is 0.536. The van der Waals surface area contributed by atoms with Crippen LogP contribution < -0.4 is 0 Å². The summed E-state index contributed by atoms with van der Waals surface area (Å²) in [6, 6.07) is 11.4. The second-order valence-electron chi connectivity index (χ2n) is 7.94. The summed E-state index contributed by atoms with van der Waals surface area (Å²) in [6.07, 6.45) is 2.21. The fraction of sp³-hybridized carbons (Fsp3) is 0.417. The summed E-state index contributed by atoms with van der Waals surface area (Å²) < 4.78 is 12.0. The molecular formula is C24H27NO4. The summed E-state index contributed by atoms with van der Waals surface area (Å²) >= 11 is 0. The number of amides is 2.